The summed E-state index contributed by atoms with van der Waals surface area (Å²) in [4.78, 5) is 23.3. The second-order valence-corrected chi connectivity index (χ2v) is 6.92. The van der Waals surface area contributed by atoms with E-state index in [1.807, 2.05) is 46.8 Å². The maximum atomic E-state index is 12.2. The first-order chi connectivity index (χ1) is 13.1. The third kappa shape index (κ3) is 5.90. The van der Waals surface area contributed by atoms with Crippen molar-refractivity contribution in [2.24, 2.45) is 5.73 Å². The first-order valence-corrected chi connectivity index (χ1v) is 9.28. The van der Waals surface area contributed by atoms with Gasteiger partial charge in [-0.05, 0) is 58.6 Å². The van der Waals surface area contributed by atoms with Crippen molar-refractivity contribution in [2.45, 2.75) is 59.6 Å². The Labute approximate surface area is 167 Å². The molecule has 1 atom stereocenters. The highest BCUT2D eigenvalue weighted by Gasteiger charge is 2.22. The van der Waals surface area contributed by atoms with E-state index in [1.165, 1.54) is 0 Å². The van der Waals surface area contributed by atoms with Crippen LogP contribution in [0.25, 0.3) is 6.08 Å². The van der Waals surface area contributed by atoms with Crippen molar-refractivity contribution in [3.63, 3.8) is 0 Å². The van der Waals surface area contributed by atoms with E-state index < -0.39 is 12.2 Å². The van der Waals surface area contributed by atoms with Gasteiger partial charge in [-0.25, -0.2) is 4.79 Å². The zero-order valence-corrected chi connectivity index (χ0v) is 17.8. The molecule has 0 heterocycles. The lowest BCUT2D eigenvalue weighted by Crippen LogP contribution is -2.41. The molecule has 0 aliphatic carbocycles. The zero-order chi connectivity index (χ0) is 21.4. The highest BCUT2D eigenvalue weighted by atomic mass is 16.6. The maximum absolute atomic E-state index is 12.2. The molecule has 1 aromatic rings. The smallest absolute Gasteiger partial charge is 0.405 e. The lowest BCUT2D eigenvalue weighted by Gasteiger charge is -2.19. The molecule has 0 saturated heterocycles. The Balaban J connectivity index is 3.01. The Morgan fingerprint density at radius 1 is 1.04 bits per heavy atom. The fourth-order valence-electron chi connectivity index (χ4n) is 3.10. The summed E-state index contributed by atoms with van der Waals surface area (Å²) in [6.07, 6.45) is 2.79. The number of hydrogen-bond acceptors (Lipinski definition) is 5. The first kappa shape index (κ1) is 23.3. The maximum Gasteiger partial charge on any atom is 0.405 e. The van der Waals surface area contributed by atoms with Crippen molar-refractivity contribution in [3.8, 4) is 11.5 Å². The van der Waals surface area contributed by atoms with Crippen LogP contribution in [0.4, 0.5) is 4.79 Å². The van der Waals surface area contributed by atoms with E-state index in [9.17, 15) is 9.59 Å². The molecule has 156 valence electrons. The van der Waals surface area contributed by atoms with Gasteiger partial charge in [0.2, 0.25) is 0 Å². The molecule has 28 heavy (non-hydrogen) atoms. The van der Waals surface area contributed by atoms with Crippen molar-refractivity contribution >= 4 is 18.1 Å². The number of allylic oxidation sites excluding steroid dienone is 1. The fraction of sp³-hybridized carbons (Fsp3) is 0.524. The van der Waals surface area contributed by atoms with Crippen LogP contribution in [0, 0.1) is 20.8 Å². The van der Waals surface area contributed by atoms with E-state index in [-0.39, 0.29) is 11.9 Å². The van der Waals surface area contributed by atoms with Crippen LogP contribution in [0.1, 0.15) is 48.9 Å². The van der Waals surface area contributed by atoms with Crippen LogP contribution in [0.3, 0.4) is 0 Å². The molecule has 0 aliphatic heterocycles. The van der Waals surface area contributed by atoms with E-state index in [2.05, 4.69) is 5.32 Å². The number of hydrogen-bond donors (Lipinski definition) is 2. The van der Waals surface area contributed by atoms with Crippen molar-refractivity contribution in [1.29, 1.82) is 0 Å². The van der Waals surface area contributed by atoms with E-state index >= 15 is 0 Å². The van der Waals surface area contributed by atoms with Crippen molar-refractivity contribution in [3.05, 3.63) is 28.3 Å². The quantitative estimate of drug-likeness (QED) is 0.671. The van der Waals surface area contributed by atoms with E-state index in [1.54, 1.807) is 14.2 Å². The minimum absolute atomic E-state index is 0.0584. The van der Waals surface area contributed by atoms with E-state index in [0.29, 0.717) is 12.8 Å². The summed E-state index contributed by atoms with van der Waals surface area (Å²) in [6, 6.07) is -0.0584. The summed E-state index contributed by atoms with van der Waals surface area (Å²) >= 11 is 0. The highest BCUT2D eigenvalue weighted by Crippen LogP contribution is 2.38. The van der Waals surface area contributed by atoms with Gasteiger partial charge in [0, 0.05) is 17.2 Å². The van der Waals surface area contributed by atoms with Gasteiger partial charge in [-0.1, -0.05) is 12.2 Å². The molecule has 3 N–H and O–H groups in total. The van der Waals surface area contributed by atoms with Crippen LogP contribution in [-0.4, -0.2) is 38.4 Å². The number of carbonyl (C=O) groups is 2. The van der Waals surface area contributed by atoms with E-state index in [4.69, 9.17) is 19.9 Å². The largest absolute Gasteiger partial charge is 0.496 e. The zero-order valence-electron chi connectivity index (χ0n) is 17.8. The monoisotopic (exact) mass is 392 g/mol. The number of benzene rings is 1. The Kier molecular flexibility index (Phi) is 8.82. The van der Waals surface area contributed by atoms with Crippen molar-refractivity contribution in [2.75, 3.05) is 14.2 Å². The molecular formula is C21H32N2O5. The Bertz CT molecular complexity index is 741. The molecule has 1 unspecified atom stereocenters. The summed E-state index contributed by atoms with van der Waals surface area (Å²) in [6.45, 7) is 9.63. The van der Waals surface area contributed by atoms with Gasteiger partial charge >= 0.3 is 6.09 Å². The number of primary amides is 1. The number of ether oxygens (including phenoxy) is 3. The molecule has 7 heteroatoms. The molecule has 1 aromatic carbocycles. The normalized spacial score (nSPS) is 12.1. The SMILES string of the molecule is COc1c(C)c(C)c(OC)c(C=CCCC(OC(N)=O)C(=O)NC(C)C)c1C. The van der Waals surface area contributed by atoms with Crippen LogP contribution in [0.5, 0.6) is 11.5 Å². The fourth-order valence-corrected chi connectivity index (χ4v) is 3.10. The number of carbonyl (C=O) groups excluding carboxylic acids is 2. The minimum atomic E-state index is -0.968. The van der Waals surface area contributed by atoms with Crippen molar-refractivity contribution in [1.82, 2.24) is 5.32 Å². The topological polar surface area (TPSA) is 99.9 Å². The predicted octanol–water partition coefficient (Wildman–Crippen LogP) is 3.41. The number of nitrogens with one attached hydrogen (secondary N) is 1. The lowest BCUT2D eigenvalue weighted by molar-refractivity contribution is -0.130. The van der Waals surface area contributed by atoms with Crippen LogP contribution < -0.4 is 20.5 Å². The summed E-state index contributed by atoms with van der Waals surface area (Å²) in [5, 5.41) is 2.73. The van der Waals surface area contributed by atoms with Gasteiger partial charge in [-0.2, -0.15) is 0 Å². The molecule has 2 amide bonds. The number of nitrogens with two attached hydrogens (primary N) is 1. The second-order valence-electron chi connectivity index (χ2n) is 6.92. The standard InChI is InChI=1S/C21H32N2O5/c1-12(2)23-20(24)17(28-21(22)25)11-9-8-10-16-15(5)18(26-6)13(3)14(4)19(16)27-7/h8,10,12,17H,9,11H2,1-7H3,(H2,22,25)(H,23,24). The van der Waals surface area contributed by atoms with Crippen LogP contribution in [0.2, 0.25) is 0 Å². The van der Waals surface area contributed by atoms with Gasteiger partial charge in [0.1, 0.15) is 11.5 Å². The Hall–Kier alpha value is -2.70. The van der Waals surface area contributed by atoms with Crippen molar-refractivity contribution < 1.29 is 23.8 Å². The Morgan fingerprint density at radius 3 is 2.11 bits per heavy atom. The minimum Gasteiger partial charge on any atom is -0.496 e. The van der Waals surface area contributed by atoms with Crippen LogP contribution >= 0.6 is 0 Å². The molecule has 0 bridgehead atoms. The molecule has 1 rings (SSSR count). The number of methoxy groups -OCH3 is 2. The molecule has 0 saturated carbocycles. The third-order valence-electron chi connectivity index (χ3n) is 4.50. The number of rotatable bonds is 9. The first-order valence-electron chi connectivity index (χ1n) is 9.28. The molecule has 0 aromatic heterocycles. The average Bonchev–Trinajstić information content (AvgIpc) is 2.61. The molecule has 0 radical (unpaired) electrons. The number of amides is 2. The molecular weight excluding hydrogens is 360 g/mol. The highest BCUT2D eigenvalue weighted by molar-refractivity contribution is 5.83. The molecule has 0 fully saturated rings. The molecule has 0 aliphatic rings. The van der Waals surface area contributed by atoms with E-state index in [0.717, 1.165) is 33.8 Å². The summed E-state index contributed by atoms with van der Waals surface area (Å²) in [5.41, 5.74) is 9.03. The Morgan fingerprint density at radius 2 is 1.61 bits per heavy atom. The van der Waals surface area contributed by atoms with Gasteiger partial charge in [-0.15, -0.1) is 0 Å². The summed E-state index contributed by atoms with van der Waals surface area (Å²) in [5.74, 6) is 1.25. The van der Waals surface area contributed by atoms with Crippen LogP contribution in [-0.2, 0) is 9.53 Å². The predicted molar refractivity (Wildman–Crippen MR) is 110 cm³/mol. The summed E-state index contributed by atoms with van der Waals surface area (Å²) < 4.78 is 16.1. The third-order valence-corrected chi connectivity index (χ3v) is 4.50. The van der Waals surface area contributed by atoms with Gasteiger partial charge < -0.3 is 25.3 Å². The molecule has 7 nitrogen and oxygen atoms in total. The second kappa shape index (κ2) is 10.6. The van der Waals surface area contributed by atoms with Crippen LogP contribution in [0.15, 0.2) is 6.08 Å². The van der Waals surface area contributed by atoms with Gasteiger partial charge in [0.05, 0.1) is 14.2 Å². The van der Waals surface area contributed by atoms with Gasteiger partial charge in [0.25, 0.3) is 5.91 Å². The average molecular weight is 392 g/mol. The summed E-state index contributed by atoms with van der Waals surface area (Å²) in [7, 11) is 3.28. The molecule has 0 spiro atoms. The van der Waals surface area contributed by atoms with Gasteiger partial charge in [0.15, 0.2) is 6.10 Å². The van der Waals surface area contributed by atoms with Gasteiger partial charge in [-0.3, -0.25) is 4.79 Å². The lowest BCUT2D eigenvalue weighted by atomic mass is 9.96.